The number of hydrogen-bond donors (Lipinski definition) is 1. The minimum atomic E-state index is -0.318. The van der Waals surface area contributed by atoms with E-state index in [-0.39, 0.29) is 5.91 Å². The van der Waals surface area contributed by atoms with Crippen LogP contribution in [0.2, 0.25) is 0 Å². The summed E-state index contributed by atoms with van der Waals surface area (Å²) >= 11 is 0. The smallest absolute Gasteiger partial charge is 0.276 e. The van der Waals surface area contributed by atoms with E-state index in [1.54, 1.807) is 12.3 Å². The Hall–Kier alpha value is -3.61. The average molecular weight is 342 g/mol. The second-order valence-electron chi connectivity index (χ2n) is 6.01. The molecule has 7 heteroatoms. The molecule has 1 N–H and O–H groups in total. The molecule has 0 aliphatic carbocycles. The molecule has 0 bridgehead atoms. The zero-order valence-corrected chi connectivity index (χ0v) is 13.8. The molecule has 7 nitrogen and oxygen atoms in total. The Balaban J connectivity index is 1.49. The predicted molar refractivity (Wildman–Crippen MR) is 98.7 cm³/mol. The third-order valence-electron chi connectivity index (χ3n) is 4.39. The third kappa shape index (κ3) is 2.33. The largest absolute Gasteiger partial charge is 0.294 e. The Morgan fingerprint density at radius 1 is 1.08 bits per heavy atom. The van der Waals surface area contributed by atoms with E-state index >= 15 is 0 Å². The number of amides is 1. The third-order valence-corrected chi connectivity index (χ3v) is 4.39. The van der Waals surface area contributed by atoms with Crippen molar-refractivity contribution in [2.75, 3.05) is 13.1 Å². The predicted octanol–water partition coefficient (Wildman–Crippen LogP) is 2.12. The van der Waals surface area contributed by atoms with Crippen molar-refractivity contribution in [2.24, 2.45) is 9.98 Å². The van der Waals surface area contributed by atoms with E-state index in [0.717, 1.165) is 22.5 Å². The molecule has 1 aromatic carbocycles. The summed E-state index contributed by atoms with van der Waals surface area (Å²) in [6.07, 6.45) is 1.66. The monoisotopic (exact) mass is 342 g/mol. The maximum Gasteiger partial charge on any atom is 0.276 e. The lowest BCUT2D eigenvalue weighted by Gasteiger charge is -2.27. The van der Waals surface area contributed by atoms with E-state index < -0.39 is 0 Å². The number of pyridine rings is 2. The number of carbonyl (C=O) groups excluding carboxylic acids is 1. The first-order valence-corrected chi connectivity index (χ1v) is 8.33. The van der Waals surface area contributed by atoms with Gasteiger partial charge < -0.3 is 0 Å². The Labute approximate surface area is 149 Å². The Morgan fingerprint density at radius 3 is 2.96 bits per heavy atom. The van der Waals surface area contributed by atoms with Crippen LogP contribution in [0.15, 0.2) is 64.7 Å². The topological polar surface area (TPSA) is 82.8 Å². The molecular weight excluding hydrogens is 328 g/mol. The second kappa shape index (κ2) is 5.73. The molecule has 2 aromatic heterocycles. The van der Waals surface area contributed by atoms with Gasteiger partial charge in [-0.25, -0.2) is 15.0 Å². The lowest BCUT2D eigenvalue weighted by Crippen LogP contribution is -2.47. The van der Waals surface area contributed by atoms with Gasteiger partial charge in [0.25, 0.3) is 5.91 Å². The van der Waals surface area contributed by atoms with Gasteiger partial charge in [0.15, 0.2) is 5.65 Å². The van der Waals surface area contributed by atoms with Crippen LogP contribution >= 0.6 is 0 Å². The first kappa shape index (κ1) is 14.7. The zero-order chi connectivity index (χ0) is 17.5. The van der Waals surface area contributed by atoms with Gasteiger partial charge in [-0.05, 0) is 36.4 Å². The van der Waals surface area contributed by atoms with Crippen molar-refractivity contribution >= 4 is 34.4 Å². The first-order valence-electron chi connectivity index (χ1n) is 8.33. The standard InChI is InChI=1S/C19H14N6O/c26-18(15-8-7-12-4-3-9-20-16(12)22-15)24-19-23-14-6-2-1-5-13(14)17-21-10-11-25(17)19/h1-9H,10-11H2,(H,23,24,26). The van der Waals surface area contributed by atoms with E-state index in [2.05, 4.69) is 25.3 Å². The molecule has 0 fully saturated rings. The summed E-state index contributed by atoms with van der Waals surface area (Å²) in [5.41, 5.74) is 2.62. The van der Waals surface area contributed by atoms with E-state index in [9.17, 15) is 4.79 Å². The summed E-state index contributed by atoms with van der Waals surface area (Å²) in [7, 11) is 0. The van der Waals surface area contributed by atoms with Crippen LogP contribution in [0.1, 0.15) is 16.1 Å². The molecule has 3 aromatic rings. The van der Waals surface area contributed by atoms with Gasteiger partial charge in [-0.2, -0.15) is 0 Å². The van der Waals surface area contributed by atoms with Crippen molar-refractivity contribution < 1.29 is 4.79 Å². The summed E-state index contributed by atoms with van der Waals surface area (Å²) in [4.78, 5) is 32.3. The van der Waals surface area contributed by atoms with Crippen LogP contribution < -0.4 is 5.32 Å². The maximum atomic E-state index is 12.7. The van der Waals surface area contributed by atoms with Gasteiger partial charge >= 0.3 is 0 Å². The number of benzene rings is 1. The van der Waals surface area contributed by atoms with Crippen LogP contribution in [0.25, 0.3) is 11.0 Å². The number of hydrogen-bond acceptors (Lipinski definition) is 6. The lowest BCUT2D eigenvalue weighted by molar-refractivity contribution is 0.0969. The van der Waals surface area contributed by atoms with Crippen LogP contribution in [0.3, 0.4) is 0 Å². The molecule has 126 valence electrons. The lowest BCUT2D eigenvalue weighted by atomic mass is 10.1. The summed E-state index contributed by atoms with van der Waals surface area (Å²) in [5.74, 6) is 1.01. The van der Waals surface area contributed by atoms with E-state index in [4.69, 9.17) is 0 Å². The number of amidine groups is 1. The molecule has 2 aliphatic rings. The van der Waals surface area contributed by atoms with Gasteiger partial charge in [0, 0.05) is 23.7 Å². The SMILES string of the molecule is O=C(NC1=Nc2ccccc2C2=NCCN12)c1ccc2cccnc2n1. The van der Waals surface area contributed by atoms with Crippen LogP contribution in [0.5, 0.6) is 0 Å². The summed E-state index contributed by atoms with van der Waals surface area (Å²) in [5, 5.41) is 3.77. The number of nitrogens with zero attached hydrogens (tertiary/aromatic N) is 5. The van der Waals surface area contributed by atoms with Crippen LogP contribution in [0.4, 0.5) is 5.69 Å². The van der Waals surface area contributed by atoms with Crippen LogP contribution in [-0.2, 0) is 0 Å². The minimum absolute atomic E-state index is 0.301. The highest BCUT2D eigenvalue weighted by Gasteiger charge is 2.30. The molecule has 1 amide bonds. The average Bonchev–Trinajstić information content (AvgIpc) is 3.18. The molecule has 26 heavy (non-hydrogen) atoms. The first-order chi connectivity index (χ1) is 12.8. The Kier molecular flexibility index (Phi) is 3.24. The quantitative estimate of drug-likeness (QED) is 0.734. The number of guanidine groups is 1. The Bertz CT molecular complexity index is 1100. The van der Waals surface area contributed by atoms with Crippen LogP contribution in [-0.4, -0.2) is 45.7 Å². The summed E-state index contributed by atoms with van der Waals surface area (Å²) in [6.45, 7) is 1.37. The minimum Gasteiger partial charge on any atom is -0.294 e. The van der Waals surface area contributed by atoms with Crippen molar-refractivity contribution in [3.05, 3.63) is 66.0 Å². The highest BCUT2D eigenvalue weighted by Crippen LogP contribution is 2.27. The number of aliphatic imine (C=N–C) groups is 2. The van der Waals surface area contributed by atoms with Crippen molar-refractivity contribution in [2.45, 2.75) is 0 Å². The van der Waals surface area contributed by atoms with Gasteiger partial charge in [0.1, 0.15) is 11.5 Å². The van der Waals surface area contributed by atoms with Gasteiger partial charge in [-0.15, -0.1) is 0 Å². The molecule has 0 saturated heterocycles. The van der Waals surface area contributed by atoms with Gasteiger partial charge in [0.05, 0.1) is 12.2 Å². The van der Waals surface area contributed by atoms with Crippen molar-refractivity contribution in [3.63, 3.8) is 0 Å². The molecule has 0 unspecified atom stereocenters. The highest BCUT2D eigenvalue weighted by atomic mass is 16.2. The molecule has 0 spiro atoms. The van der Waals surface area contributed by atoms with E-state index in [1.807, 2.05) is 47.4 Å². The van der Waals surface area contributed by atoms with E-state index in [1.165, 1.54) is 0 Å². The number of nitrogens with one attached hydrogen (secondary N) is 1. The summed E-state index contributed by atoms with van der Waals surface area (Å²) < 4.78 is 0. The fourth-order valence-electron chi connectivity index (χ4n) is 3.16. The number of fused-ring (bicyclic) bond motifs is 4. The van der Waals surface area contributed by atoms with Crippen molar-refractivity contribution in [1.82, 2.24) is 20.2 Å². The second-order valence-corrected chi connectivity index (χ2v) is 6.01. The highest BCUT2D eigenvalue weighted by molar-refractivity contribution is 6.19. The van der Waals surface area contributed by atoms with Crippen molar-refractivity contribution in [1.29, 1.82) is 0 Å². The molecule has 5 rings (SSSR count). The van der Waals surface area contributed by atoms with Crippen LogP contribution in [0, 0.1) is 0 Å². The van der Waals surface area contributed by atoms with Crippen molar-refractivity contribution in [3.8, 4) is 0 Å². The summed E-state index contributed by atoms with van der Waals surface area (Å²) in [6, 6.07) is 15.1. The van der Waals surface area contributed by atoms with Gasteiger partial charge in [-0.1, -0.05) is 12.1 Å². The Morgan fingerprint density at radius 2 is 2.00 bits per heavy atom. The fraction of sp³-hybridized carbons (Fsp3) is 0.105. The molecule has 0 atom stereocenters. The fourth-order valence-corrected chi connectivity index (χ4v) is 3.16. The number of carbonyl (C=O) groups is 1. The number of para-hydroxylation sites is 1. The maximum absolute atomic E-state index is 12.7. The van der Waals surface area contributed by atoms with Gasteiger partial charge in [0.2, 0.25) is 5.96 Å². The van der Waals surface area contributed by atoms with Gasteiger partial charge in [-0.3, -0.25) is 20.0 Å². The number of aromatic nitrogens is 2. The number of rotatable bonds is 1. The van der Waals surface area contributed by atoms with E-state index in [0.29, 0.717) is 30.4 Å². The molecule has 0 saturated carbocycles. The normalized spacial score (nSPS) is 15.2. The molecule has 2 aliphatic heterocycles. The zero-order valence-electron chi connectivity index (χ0n) is 13.8. The molecule has 4 heterocycles. The molecular formula is C19H14N6O. The molecule has 0 radical (unpaired) electrons.